The number of para-hydroxylation sites is 2. The van der Waals surface area contributed by atoms with Crippen molar-refractivity contribution in [2.45, 2.75) is 24.3 Å². The fourth-order valence-electron chi connectivity index (χ4n) is 3.88. The quantitative estimate of drug-likeness (QED) is 0.264. The molecule has 0 aliphatic rings. The van der Waals surface area contributed by atoms with Crippen molar-refractivity contribution < 1.29 is 13.6 Å². The summed E-state index contributed by atoms with van der Waals surface area (Å²) in [6, 6.07) is 17.7. The average Bonchev–Trinajstić information content (AvgIpc) is 3.25. The van der Waals surface area contributed by atoms with Crippen LogP contribution in [0.5, 0.6) is 0 Å². The number of hydrogen-bond donors (Lipinski definition) is 0. The van der Waals surface area contributed by atoms with Crippen molar-refractivity contribution in [2.75, 3.05) is 0 Å². The maximum Gasteiger partial charge on any atom is 0.267 e. The van der Waals surface area contributed by atoms with Gasteiger partial charge in [0, 0.05) is 5.56 Å². The van der Waals surface area contributed by atoms with Crippen molar-refractivity contribution in [1.29, 1.82) is 0 Å². The van der Waals surface area contributed by atoms with Gasteiger partial charge in [-0.15, -0.1) is 10.2 Å². The zero-order valence-corrected chi connectivity index (χ0v) is 19.0. The lowest BCUT2D eigenvalue weighted by atomic mass is 10.1. The molecule has 1 atom stereocenters. The molecule has 6 nitrogen and oxygen atoms in total. The Kier molecular flexibility index (Phi) is 5.49. The number of ketones is 1. The molecule has 170 valence electrons. The summed E-state index contributed by atoms with van der Waals surface area (Å²) < 4.78 is 30.2. The molecular weight excluding hydrogens is 458 g/mol. The lowest BCUT2D eigenvalue weighted by Crippen LogP contribution is -2.22. The van der Waals surface area contributed by atoms with E-state index in [1.165, 1.54) is 10.6 Å². The first-order chi connectivity index (χ1) is 16.4. The summed E-state index contributed by atoms with van der Waals surface area (Å²) in [7, 11) is 0. The summed E-state index contributed by atoms with van der Waals surface area (Å²) in [6.45, 7) is 3.57. The minimum Gasteiger partial charge on any atom is -0.293 e. The smallest absolute Gasteiger partial charge is 0.267 e. The van der Waals surface area contributed by atoms with E-state index in [1.54, 1.807) is 29.5 Å². The molecule has 5 rings (SSSR count). The molecule has 2 heterocycles. The van der Waals surface area contributed by atoms with E-state index in [-0.39, 0.29) is 16.9 Å². The van der Waals surface area contributed by atoms with Crippen LogP contribution in [0.4, 0.5) is 8.78 Å². The van der Waals surface area contributed by atoms with Crippen molar-refractivity contribution in [1.82, 2.24) is 19.2 Å². The fourth-order valence-corrected chi connectivity index (χ4v) is 4.81. The third-order valence-electron chi connectivity index (χ3n) is 5.61. The molecule has 0 saturated carbocycles. The summed E-state index contributed by atoms with van der Waals surface area (Å²) >= 11 is 1.13. The molecule has 0 aliphatic heterocycles. The average molecular weight is 477 g/mol. The minimum atomic E-state index is -1.08. The van der Waals surface area contributed by atoms with E-state index in [4.69, 9.17) is 0 Å². The van der Waals surface area contributed by atoms with E-state index in [9.17, 15) is 18.4 Å². The molecule has 0 spiro atoms. The van der Waals surface area contributed by atoms with Gasteiger partial charge in [-0.1, -0.05) is 42.1 Å². The van der Waals surface area contributed by atoms with Crippen LogP contribution in [0.25, 0.3) is 22.4 Å². The molecule has 34 heavy (non-hydrogen) atoms. The van der Waals surface area contributed by atoms with E-state index in [2.05, 4.69) is 10.2 Å². The Morgan fingerprint density at radius 2 is 1.71 bits per heavy atom. The molecule has 0 bridgehead atoms. The number of halogens is 2. The molecular formula is C25H18F2N4O2S. The van der Waals surface area contributed by atoms with E-state index >= 15 is 0 Å². The molecule has 1 unspecified atom stereocenters. The summed E-state index contributed by atoms with van der Waals surface area (Å²) in [5.41, 5.74) is 2.01. The second-order valence-electron chi connectivity index (χ2n) is 7.82. The highest BCUT2D eigenvalue weighted by Gasteiger charge is 2.23. The number of carbonyl (C=O) groups is 1. The SMILES string of the molecule is Cc1ccccc1-n1c(=O)c2ccccc2n2c(SC(C)C(=O)c3ccc(F)c(F)c3)nnc12. The van der Waals surface area contributed by atoms with Crippen LogP contribution in [-0.4, -0.2) is 30.2 Å². The molecule has 0 N–H and O–H groups in total. The maximum atomic E-state index is 13.6. The van der Waals surface area contributed by atoms with Crippen molar-refractivity contribution in [3.05, 3.63) is 99.8 Å². The number of aryl methyl sites for hydroxylation is 1. The van der Waals surface area contributed by atoms with Crippen LogP contribution < -0.4 is 5.56 Å². The lowest BCUT2D eigenvalue weighted by Gasteiger charge is -2.14. The third kappa shape index (κ3) is 3.58. The van der Waals surface area contributed by atoms with Gasteiger partial charge in [0.05, 0.1) is 21.8 Å². The Labute approximate surface area is 196 Å². The van der Waals surface area contributed by atoms with Gasteiger partial charge in [-0.05, 0) is 55.8 Å². The molecule has 0 fully saturated rings. The van der Waals surface area contributed by atoms with Crippen LogP contribution in [0.1, 0.15) is 22.8 Å². The molecule has 0 aliphatic carbocycles. The Morgan fingerprint density at radius 1 is 0.971 bits per heavy atom. The Balaban J connectivity index is 1.66. The molecule has 0 saturated heterocycles. The Hall–Kier alpha value is -3.85. The number of hydrogen-bond acceptors (Lipinski definition) is 5. The van der Waals surface area contributed by atoms with Crippen LogP contribution in [0.15, 0.2) is 76.7 Å². The van der Waals surface area contributed by atoms with Crippen LogP contribution in [0.3, 0.4) is 0 Å². The summed E-state index contributed by atoms with van der Waals surface area (Å²) in [4.78, 5) is 26.3. The summed E-state index contributed by atoms with van der Waals surface area (Å²) in [6.07, 6.45) is 0. The van der Waals surface area contributed by atoms with Gasteiger partial charge in [0.25, 0.3) is 5.56 Å². The first-order valence-electron chi connectivity index (χ1n) is 10.5. The number of carbonyl (C=O) groups excluding carboxylic acids is 1. The van der Waals surface area contributed by atoms with E-state index in [1.807, 2.05) is 37.3 Å². The number of benzene rings is 3. The molecule has 9 heteroatoms. The number of aromatic nitrogens is 4. The second-order valence-corrected chi connectivity index (χ2v) is 9.12. The van der Waals surface area contributed by atoms with Crippen molar-refractivity contribution >= 4 is 34.2 Å². The molecule has 0 amide bonds. The zero-order valence-electron chi connectivity index (χ0n) is 18.2. The number of Topliss-reactive ketones (excluding diaryl/α,β-unsaturated/α-hetero) is 1. The van der Waals surface area contributed by atoms with E-state index < -0.39 is 16.9 Å². The standard InChI is InChI=1S/C25H18F2N4O2S/c1-14-7-3-5-9-20(14)30-23(33)17-8-4-6-10-21(17)31-24(30)28-29-25(31)34-15(2)22(32)16-11-12-18(26)19(27)13-16/h3-13,15H,1-2H3. The van der Waals surface area contributed by atoms with Crippen molar-refractivity contribution in [3.8, 4) is 5.69 Å². The second kappa shape index (κ2) is 8.49. The van der Waals surface area contributed by atoms with Crippen LogP contribution >= 0.6 is 11.8 Å². The highest BCUT2D eigenvalue weighted by molar-refractivity contribution is 8.00. The fraction of sp³-hybridized carbons (Fsp3) is 0.120. The molecule has 5 aromatic rings. The van der Waals surface area contributed by atoms with Gasteiger partial charge < -0.3 is 0 Å². The van der Waals surface area contributed by atoms with Crippen LogP contribution in [0, 0.1) is 18.6 Å². The predicted octanol–water partition coefficient (Wildman–Crippen LogP) is 4.98. The normalized spacial score (nSPS) is 12.4. The largest absolute Gasteiger partial charge is 0.293 e. The summed E-state index contributed by atoms with van der Waals surface area (Å²) in [5, 5.41) is 8.77. The Bertz CT molecular complexity index is 1640. The number of thioether (sulfide) groups is 1. The van der Waals surface area contributed by atoms with Crippen molar-refractivity contribution in [2.24, 2.45) is 0 Å². The van der Waals surface area contributed by atoms with Gasteiger partial charge >= 0.3 is 0 Å². The van der Waals surface area contributed by atoms with Crippen LogP contribution in [-0.2, 0) is 0 Å². The van der Waals surface area contributed by atoms with Gasteiger partial charge in [-0.3, -0.25) is 14.0 Å². The number of nitrogens with zero attached hydrogens (tertiary/aromatic N) is 4. The lowest BCUT2D eigenvalue weighted by molar-refractivity contribution is 0.0993. The molecule has 3 aromatic carbocycles. The summed E-state index contributed by atoms with van der Waals surface area (Å²) in [5.74, 6) is -2.16. The zero-order chi connectivity index (χ0) is 24.0. The highest BCUT2D eigenvalue weighted by Crippen LogP contribution is 2.28. The molecule has 2 aromatic heterocycles. The maximum absolute atomic E-state index is 13.6. The van der Waals surface area contributed by atoms with Crippen molar-refractivity contribution in [3.63, 3.8) is 0 Å². The minimum absolute atomic E-state index is 0.0643. The van der Waals surface area contributed by atoms with Gasteiger partial charge in [0.2, 0.25) is 5.78 Å². The van der Waals surface area contributed by atoms with Crippen LogP contribution in [0.2, 0.25) is 0 Å². The first kappa shape index (κ1) is 22.0. The monoisotopic (exact) mass is 476 g/mol. The van der Waals surface area contributed by atoms with Gasteiger partial charge in [0.15, 0.2) is 22.6 Å². The van der Waals surface area contributed by atoms with Gasteiger partial charge in [-0.2, -0.15) is 0 Å². The first-order valence-corrected chi connectivity index (χ1v) is 11.4. The third-order valence-corrected chi connectivity index (χ3v) is 6.65. The topological polar surface area (TPSA) is 69.3 Å². The predicted molar refractivity (Wildman–Crippen MR) is 127 cm³/mol. The van der Waals surface area contributed by atoms with E-state index in [0.717, 1.165) is 29.5 Å². The highest BCUT2D eigenvalue weighted by atomic mass is 32.2. The molecule has 0 radical (unpaired) electrons. The number of rotatable bonds is 5. The van der Waals surface area contributed by atoms with Gasteiger partial charge in [-0.25, -0.2) is 13.3 Å². The van der Waals surface area contributed by atoms with E-state index in [0.29, 0.717) is 27.5 Å². The number of fused-ring (bicyclic) bond motifs is 3. The Morgan fingerprint density at radius 3 is 2.47 bits per heavy atom. The van der Waals surface area contributed by atoms with Gasteiger partial charge in [0.1, 0.15) is 0 Å².